The molecule has 3 rings (SSSR count). The number of methoxy groups -OCH3 is 1. The van der Waals surface area contributed by atoms with Crippen LogP contribution in [0.3, 0.4) is 0 Å². The van der Waals surface area contributed by atoms with E-state index in [2.05, 4.69) is 18.7 Å². The molecule has 1 aromatic heterocycles. The number of carbonyl (C=O) groups excluding carboxylic acids is 1. The van der Waals surface area contributed by atoms with Gasteiger partial charge in [-0.15, -0.1) is 0 Å². The fourth-order valence-corrected chi connectivity index (χ4v) is 4.40. The molecule has 0 aliphatic rings. The molecule has 9 heteroatoms. The van der Waals surface area contributed by atoms with Crippen molar-refractivity contribution in [1.82, 2.24) is 9.88 Å². The molecule has 0 fully saturated rings. The third kappa shape index (κ3) is 4.83. The van der Waals surface area contributed by atoms with Gasteiger partial charge in [-0.05, 0) is 43.8 Å². The number of ether oxygens (including phenoxy) is 1. The summed E-state index contributed by atoms with van der Waals surface area (Å²) in [5.74, 6) is 0.423. The van der Waals surface area contributed by atoms with Gasteiger partial charge in [-0.1, -0.05) is 31.3 Å². The summed E-state index contributed by atoms with van der Waals surface area (Å²) in [5.41, 5.74) is 2.12. The van der Waals surface area contributed by atoms with E-state index in [1.165, 1.54) is 35.6 Å². The van der Waals surface area contributed by atoms with Crippen molar-refractivity contribution in [2.24, 2.45) is 0 Å². The standard InChI is InChI=1S/C22H26N4O4S/c1-5-24(6-2)13-14-25(21(27)16-8-10-17(11-9-16)26(28)29)22-23-19-18(30-4)12-7-15(3)20(19)31-22/h7-12H,5-6,13-14H2,1-4H3. The van der Waals surface area contributed by atoms with Crippen LogP contribution in [-0.2, 0) is 0 Å². The normalized spacial score (nSPS) is 11.1. The van der Waals surface area contributed by atoms with Gasteiger partial charge in [-0.3, -0.25) is 19.8 Å². The van der Waals surface area contributed by atoms with Crippen LogP contribution >= 0.6 is 11.3 Å². The molecule has 0 saturated heterocycles. The van der Waals surface area contributed by atoms with E-state index in [0.29, 0.717) is 29.5 Å². The minimum Gasteiger partial charge on any atom is -0.494 e. The Bertz CT molecular complexity index is 1080. The number of hydrogen-bond donors (Lipinski definition) is 0. The summed E-state index contributed by atoms with van der Waals surface area (Å²) in [5, 5.41) is 11.5. The van der Waals surface area contributed by atoms with Gasteiger partial charge in [-0.25, -0.2) is 4.98 Å². The maximum atomic E-state index is 13.4. The number of non-ortho nitro benzene ring substituents is 1. The van der Waals surface area contributed by atoms with Crippen molar-refractivity contribution in [3.8, 4) is 5.75 Å². The molecular formula is C22H26N4O4S. The zero-order valence-electron chi connectivity index (χ0n) is 18.1. The quantitative estimate of drug-likeness (QED) is 0.358. The summed E-state index contributed by atoms with van der Waals surface area (Å²) < 4.78 is 6.43. The molecule has 1 heterocycles. The lowest BCUT2D eigenvalue weighted by Crippen LogP contribution is -2.38. The van der Waals surface area contributed by atoms with Crippen molar-refractivity contribution in [3.63, 3.8) is 0 Å². The number of rotatable bonds is 9. The monoisotopic (exact) mass is 442 g/mol. The van der Waals surface area contributed by atoms with Crippen LogP contribution in [0, 0.1) is 17.0 Å². The number of fused-ring (bicyclic) bond motifs is 1. The molecule has 2 aromatic carbocycles. The number of aryl methyl sites for hydroxylation is 1. The number of nitro benzene ring substituents is 1. The first-order valence-electron chi connectivity index (χ1n) is 10.1. The summed E-state index contributed by atoms with van der Waals surface area (Å²) in [6.45, 7) is 9.07. The maximum Gasteiger partial charge on any atom is 0.269 e. The summed E-state index contributed by atoms with van der Waals surface area (Å²) in [4.78, 5) is 32.5. The maximum absolute atomic E-state index is 13.4. The van der Waals surface area contributed by atoms with Crippen LogP contribution in [0.15, 0.2) is 36.4 Å². The van der Waals surface area contributed by atoms with Gasteiger partial charge in [0.25, 0.3) is 11.6 Å². The van der Waals surface area contributed by atoms with Crippen LogP contribution in [-0.4, -0.2) is 54.0 Å². The van der Waals surface area contributed by atoms with Crippen LogP contribution in [0.4, 0.5) is 10.8 Å². The highest BCUT2D eigenvalue weighted by atomic mass is 32.1. The first-order valence-corrected chi connectivity index (χ1v) is 10.9. The topological polar surface area (TPSA) is 88.8 Å². The average molecular weight is 443 g/mol. The molecule has 0 aliphatic carbocycles. The summed E-state index contributed by atoms with van der Waals surface area (Å²) >= 11 is 1.45. The second kappa shape index (κ2) is 9.84. The summed E-state index contributed by atoms with van der Waals surface area (Å²) in [6, 6.07) is 9.53. The van der Waals surface area contributed by atoms with Crippen molar-refractivity contribution in [2.75, 3.05) is 38.2 Å². The van der Waals surface area contributed by atoms with Crippen molar-refractivity contribution in [3.05, 3.63) is 57.6 Å². The smallest absolute Gasteiger partial charge is 0.269 e. The molecule has 0 radical (unpaired) electrons. The number of amides is 1. The molecule has 8 nitrogen and oxygen atoms in total. The molecular weight excluding hydrogens is 416 g/mol. The largest absolute Gasteiger partial charge is 0.494 e. The predicted octanol–water partition coefficient (Wildman–Crippen LogP) is 4.51. The fraction of sp³-hybridized carbons (Fsp3) is 0.364. The molecule has 3 aromatic rings. The zero-order chi connectivity index (χ0) is 22.5. The number of benzene rings is 2. The van der Waals surface area contributed by atoms with Crippen LogP contribution in [0.5, 0.6) is 5.75 Å². The van der Waals surface area contributed by atoms with E-state index < -0.39 is 4.92 Å². The third-order valence-corrected chi connectivity index (χ3v) is 6.46. The molecule has 0 bridgehead atoms. The molecule has 31 heavy (non-hydrogen) atoms. The van der Waals surface area contributed by atoms with Crippen molar-refractivity contribution >= 4 is 38.3 Å². The van der Waals surface area contributed by atoms with Gasteiger partial charge in [0.05, 0.1) is 16.7 Å². The summed E-state index contributed by atoms with van der Waals surface area (Å²) in [7, 11) is 1.60. The van der Waals surface area contributed by atoms with Crippen LogP contribution in [0.2, 0.25) is 0 Å². The van der Waals surface area contributed by atoms with E-state index in [4.69, 9.17) is 9.72 Å². The van der Waals surface area contributed by atoms with E-state index >= 15 is 0 Å². The Balaban J connectivity index is 2.01. The van der Waals surface area contributed by atoms with E-state index in [1.807, 2.05) is 19.1 Å². The van der Waals surface area contributed by atoms with E-state index in [9.17, 15) is 14.9 Å². The first-order chi connectivity index (χ1) is 14.9. The highest BCUT2D eigenvalue weighted by Crippen LogP contribution is 2.36. The van der Waals surface area contributed by atoms with Crippen LogP contribution in [0.25, 0.3) is 10.2 Å². The predicted molar refractivity (Wildman–Crippen MR) is 123 cm³/mol. The first kappa shape index (κ1) is 22.6. The molecule has 0 aliphatic heterocycles. The van der Waals surface area contributed by atoms with E-state index in [-0.39, 0.29) is 11.6 Å². The Morgan fingerprint density at radius 2 is 1.81 bits per heavy atom. The fourth-order valence-electron chi connectivity index (χ4n) is 3.33. The van der Waals surface area contributed by atoms with Gasteiger partial charge in [0, 0.05) is 30.8 Å². The zero-order valence-corrected chi connectivity index (χ0v) is 18.9. The van der Waals surface area contributed by atoms with Crippen molar-refractivity contribution < 1.29 is 14.5 Å². The number of nitro groups is 1. The van der Waals surface area contributed by atoms with Crippen molar-refractivity contribution in [1.29, 1.82) is 0 Å². The van der Waals surface area contributed by atoms with Gasteiger partial charge < -0.3 is 9.64 Å². The Hall–Kier alpha value is -3.04. The van der Waals surface area contributed by atoms with E-state index in [0.717, 1.165) is 28.9 Å². The Kier molecular flexibility index (Phi) is 7.19. The molecule has 0 saturated carbocycles. The molecule has 0 spiro atoms. The van der Waals surface area contributed by atoms with Crippen molar-refractivity contribution in [2.45, 2.75) is 20.8 Å². The number of hydrogen-bond acceptors (Lipinski definition) is 7. The molecule has 1 amide bonds. The lowest BCUT2D eigenvalue weighted by molar-refractivity contribution is -0.384. The number of aromatic nitrogens is 1. The minimum absolute atomic E-state index is 0.0495. The van der Waals surface area contributed by atoms with Crippen LogP contribution < -0.4 is 9.64 Å². The average Bonchev–Trinajstić information content (AvgIpc) is 3.23. The highest BCUT2D eigenvalue weighted by Gasteiger charge is 2.24. The third-order valence-electron chi connectivity index (χ3n) is 5.25. The number of likely N-dealkylation sites (N-methyl/N-ethyl adjacent to an activating group) is 1. The molecule has 0 N–H and O–H groups in total. The molecule has 0 unspecified atom stereocenters. The number of thiazole rings is 1. The summed E-state index contributed by atoms with van der Waals surface area (Å²) in [6.07, 6.45) is 0. The Labute approximate surface area is 185 Å². The number of carbonyl (C=O) groups is 1. The SMILES string of the molecule is CCN(CC)CCN(C(=O)c1ccc([N+](=O)[O-])cc1)c1nc2c(OC)ccc(C)c2s1. The van der Waals surface area contributed by atoms with Gasteiger partial charge >= 0.3 is 0 Å². The number of anilines is 1. The van der Waals surface area contributed by atoms with E-state index in [1.54, 1.807) is 12.0 Å². The highest BCUT2D eigenvalue weighted by molar-refractivity contribution is 7.22. The Morgan fingerprint density at radius 3 is 2.39 bits per heavy atom. The molecule has 0 atom stereocenters. The van der Waals surface area contributed by atoms with Gasteiger partial charge in [0.2, 0.25) is 0 Å². The molecule has 164 valence electrons. The van der Waals surface area contributed by atoms with Gasteiger partial charge in [-0.2, -0.15) is 0 Å². The minimum atomic E-state index is -0.477. The van der Waals surface area contributed by atoms with Crippen LogP contribution in [0.1, 0.15) is 29.8 Å². The Morgan fingerprint density at radius 1 is 1.13 bits per heavy atom. The van der Waals surface area contributed by atoms with Gasteiger partial charge in [0.15, 0.2) is 5.13 Å². The second-order valence-corrected chi connectivity index (χ2v) is 8.02. The lowest BCUT2D eigenvalue weighted by Gasteiger charge is -2.24. The number of nitrogens with zero attached hydrogens (tertiary/aromatic N) is 4. The second-order valence-electron chi connectivity index (χ2n) is 7.05. The van der Waals surface area contributed by atoms with Gasteiger partial charge in [0.1, 0.15) is 11.3 Å². The lowest BCUT2D eigenvalue weighted by atomic mass is 10.2.